The highest BCUT2D eigenvalue weighted by Crippen LogP contribution is 2.19. The molecule has 9 heteroatoms. The first-order valence-corrected chi connectivity index (χ1v) is 8.78. The molecule has 0 unspecified atom stereocenters. The summed E-state index contributed by atoms with van der Waals surface area (Å²) < 4.78 is 79.9. The molecule has 4 nitrogen and oxygen atoms in total. The molecule has 0 saturated heterocycles. The highest BCUT2D eigenvalue weighted by Gasteiger charge is 2.28. The maximum Gasteiger partial charge on any atom is 0.422 e. The number of halogens is 4. The van der Waals surface area contributed by atoms with Crippen LogP contribution in [0.2, 0.25) is 0 Å². The Balaban J connectivity index is 1.88. The lowest BCUT2D eigenvalue weighted by Gasteiger charge is -2.10. The Bertz CT molecular complexity index is 788. The molecule has 0 saturated carbocycles. The number of rotatable bonds is 7. The van der Waals surface area contributed by atoms with Crippen LogP contribution in [0.15, 0.2) is 48.5 Å². The van der Waals surface area contributed by atoms with Crippen molar-refractivity contribution in [3.63, 3.8) is 0 Å². The van der Waals surface area contributed by atoms with E-state index in [-0.39, 0.29) is 18.0 Å². The van der Waals surface area contributed by atoms with Gasteiger partial charge < -0.3 is 4.74 Å². The molecule has 2 rings (SSSR count). The summed E-state index contributed by atoms with van der Waals surface area (Å²) in [5.74, 6) is -0.725. The summed E-state index contributed by atoms with van der Waals surface area (Å²) in [7, 11) is -3.64. The fraction of sp³-hybridized carbons (Fsp3) is 0.250. The highest BCUT2D eigenvalue weighted by molar-refractivity contribution is 7.88. The number of hydrogen-bond acceptors (Lipinski definition) is 3. The van der Waals surface area contributed by atoms with Crippen LogP contribution in [0.25, 0.3) is 0 Å². The minimum Gasteiger partial charge on any atom is -0.484 e. The van der Waals surface area contributed by atoms with E-state index >= 15 is 0 Å². The molecule has 25 heavy (non-hydrogen) atoms. The van der Waals surface area contributed by atoms with Gasteiger partial charge in [0, 0.05) is 6.54 Å². The second kappa shape index (κ2) is 7.83. The van der Waals surface area contributed by atoms with Gasteiger partial charge in [-0.2, -0.15) is 13.2 Å². The number of ether oxygens (including phenoxy) is 1. The molecule has 2 aromatic carbocycles. The molecule has 0 fully saturated rings. The third-order valence-electron chi connectivity index (χ3n) is 3.09. The van der Waals surface area contributed by atoms with Crippen LogP contribution in [0.1, 0.15) is 11.1 Å². The van der Waals surface area contributed by atoms with Crippen molar-refractivity contribution in [1.82, 2.24) is 4.72 Å². The number of hydrogen-bond donors (Lipinski definition) is 1. The first-order chi connectivity index (χ1) is 11.6. The van der Waals surface area contributed by atoms with Crippen molar-refractivity contribution >= 4 is 10.0 Å². The van der Waals surface area contributed by atoms with Crippen molar-refractivity contribution in [3.05, 3.63) is 65.5 Å². The fourth-order valence-corrected chi connectivity index (χ4v) is 3.03. The summed E-state index contributed by atoms with van der Waals surface area (Å²) in [4.78, 5) is 0. The Kier molecular flexibility index (Phi) is 6.02. The highest BCUT2D eigenvalue weighted by atomic mass is 32.2. The zero-order chi connectivity index (χ0) is 18.5. The van der Waals surface area contributed by atoms with Gasteiger partial charge in [0.15, 0.2) is 6.61 Å². The summed E-state index contributed by atoms with van der Waals surface area (Å²) in [5.41, 5.74) is 0.992. The van der Waals surface area contributed by atoms with Crippen molar-refractivity contribution in [1.29, 1.82) is 0 Å². The van der Waals surface area contributed by atoms with E-state index in [9.17, 15) is 26.0 Å². The quantitative estimate of drug-likeness (QED) is 0.753. The summed E-state index contributed by atoms with van der Waals surface area (Å²) in [5, 5.41) is 0. The van der Waals surface area contributed by atoms with Crippen molar-refractivity contribution in [2.45, 2.75) is 18.5 Å². The Morgan fingerprint density at radius 1 is 0.920 bits per heavy atom. The van der Waals surface area contributed by atoms with Crippen LogP contribution in [0.5, 0.6) is 5.75 Å². The van der Waals surface area contributed by atoms with Crippen molar-refractivity contribution < 1.29 is 30.7 Å². The normalized spacial score (nSPS) is 12.2. The molecule has 136 valence electrons. The largest absolute Gasteiger partial charge is 0.484 e. The van der Waals surface area contributed by atoms with Gasteiger partial charge in [-0.15, -0.1) is 0 Å². The first-order valence-electron chi connectivity index (χ1n) is 7.13. The molecular weight excluding hydrogens is 362 g/mol. The Labute approximate surface area is 142 Å². The molecule has 0 radical (unpaired) electrons. The number of nitrogens with one attached hydrogen (secondary N) is 1. The van der Waals surface area contributed by atoms with E-state index in [1.165, 1.54) is 48.5 Å². The molecule has 0 spiro atoms. The molecule has 1 N–H and O–H groups in total. The van der Waals surface area contributed by atoms with Crippen LogP contribution in [-0.2, 0) is 22.3 Å². The van der Waals surface area contributed by atoms with E-state index in [1.54, 1.807) is 0 Å². The van der Waals surface area contributed by atoms with Gasteiger partial charge >= 0.3 is 6.18 Å². The molecule has 0 aliphatic rings. The standard InChI is InChI=1S/C16H15F4NO3S/c17-14-5-1-13(2-6-14)10-25(22,23)21-9-12-3-7-15(8-4-12)24-11-16(18,19)20/h1-8,21H,9-11H2. The smallest absolute Gasteiger partial charge is 0.422 e. The second-order valence-electron chi connectivity index (χ2n) is 5.25. The number of sulfonamides is 1. The molecule has 0 heterocycles. The van der Waals surface area contributed by atoms with Crippen LogP contribution in [-0.4, -0.2) is 21.2 Å². The van der Waals surface area contributed by atoms with E-state index in [1.807, 2.05) is 0 Å². The fourth-order valence-electron chi connectivity index (χ4n) is 1.91. The second-order valence-corrected chi connectivity index (χ2v) is 7.06. The van der Waals surface area contributed by atoms with Crippen LogP contribution < -0.4 is 9.46 Å². The average Bonchev–Trinajstić information content (AvgIpc) is 2.53. The van der Waals surface area contributed by atoms with Crippen LogP contribution in [0, 0.1) is 5.82 Å². The molecule has 0 atom stereocenters. The lowest BCUT2D eigenvalue weighted by atomic mass is 10.2. The van der Waals surface area contributed by atoms with Gasteiger partial charge in [0.05, 0.1) is 5.75 Å². The van der Waals surface area contributed by atoms with Crippen LogP contribution in [0.4, 0.5) is 17.6 Å². The van der Waals surface area contributed by atoms with Crippen molar-refractivity contribution in [2.24, 2.45) is 0 Å². The lowest BCUT2D eigenvalue weighted by molar-refractivity contribution is -0.153. The monoisotopic (exact) mass is 377 g/mol. The predicted molar refractivity (Wildman–Crippen MR) is 83.9 cm³/mol. The minimum absolute atomic E-state index is 0.0247. The van der Waals surface area contributed by atoms with E-state index in [4.69, 9.17) is 0 Å². The van der Waals surface area contributed by atoms with Gasteiger partial charge in [-0.3, -0.25) is 0 Å². The van der Waals surface area contributed by atoms with Gasteiger partial charge in [0.25, 0.3) is 0 Å². The van der Waals surface area contributed by atoms with E-state index in [0.29, 0.717) is 11.1 Å². The molecule has 0 aromatic heterocycles. The molecule has 0 aliphatic carbocycles. The van der Waals surface area contributed by atoms with E-state index < -0.39 is 28.6 Å². The Morgan fingerprint density at radius 2 is 1.48 bits per heavy atom. The predicted octanol–water partition coefficient (Wildman–Crippen LogP) is 3.39. The molecule has 2 aromatic rings. The lowest BCUT2D eigenvalue weighted by Crippen LogP contribution is -2.24. The molecular formula is C16H15F4NO3S. The maximum atomic E-state index is 12.8. The summed E-state index contributed by atoms with van der Waals surface area (Å²) in [6.07, 6.45) is -4.42. The SMILES string of the molecule is O=S(=O)(Cc1ccc(F)cc1)NCc1ccc(OCC(F)(F)F)cc1. The summed E-state index contributed by atoms with van der Waals surface area (Å²) in [6, 6.07) is 10.7. The zero-order valence-electron chi connectivity index (χ0n) is 12.9. The van der Waals surface area contributed by atoms with Crippen molar-refractivity contribution in [2.75, 3.05) is 6.61 Å². The van der Waals surface area contributed by atoms with Gasteiger partial charge in [0.1, 0.15) is 11.6 Å². The maximum absolute atomic E-state index is 12.8. The first kappa shape index (κ1) is 19.2. The minimum atomic E-state index is -4.42. The van der Waals surface area contributed by atoms with Gasteiger partial charge in [-0.05, 0) is 35.4 Å². The topological polar surface area (TPSA) is 55.4 Å². The van der Waals surface area contributed by atoms with E-state index in [2.05, 4.69) is 9.46 Å². The number of alkyl halides is 3. The van der Waals surface area contributed by atoms with Crippen LogP contribution >= 0.6 is 0 Å². The number of benzene rings is 2. The Hall–Kier alpha value is -2.13. The summed E-state index contributed by atoms with van der Waals surface area (Å²) in [6.45, 7) is -1.42. The summed E-state index contributed by atoms with van der Waals surface area (Å²) >= 11 is 0. The molecule has 0 amide bonds. The van der Waals surface area contributed by atoms with Gasteiger partial charge in [-0.25, -0.2) is 17.5 Å². The van der Waals surface area contributed by atoms with Crippen molar-refractivity contribution in [3.8, 4) is 5.75 Å². The average molecular weight is 377 g/mol. The zero-order valence-corrected chi connectivity index (χ0v) is 13.7. The van der Waals surface area contributed by atoms with Gasteiger partial charge in [0.2, 0.25) is 10.0 Å². The van der Waals surface area contributed by atoms with Crippen LogP contribution in [0.3, 0.4) is 0 Å². The molecule has 0 bridgehead atoms. The Morgan fingerprint density at radius 3 is 2.04 bits per heavy atom. The third kappa shape index (κ3) is 7.10. The van der Waals surface area contributed by atoms with E-state index in [0.717, 1.165) is 0 Å². The molecule has 0 aliphatic heterocycles. The van der Waals surface area contributed by atoms with Gasteiger partial charge in [-0.1, -0.05) is 24.3 Å². The third-order valence-corrected chi connectivity index (χ3v) is 4.39.